The highest BCUT2D eigenvalue weighted by atomic mass is 15.3. The maximum Gasteiger partial charge on any atom is 0.241 e. The van der Waals surface area contributed by atoms with Gasteiger partial charge in [-0.05, 0) is 36.5 Å². The van der Waals surface area contributed by atoms with E-state index in [0.717, 1.165) is 28.8 Å². The summed E-state index contributed by atoms with van der Waals surface area (Å²) in [6.45, 7) is 3.22. The molecule has 5 rings (SSSR count). The van der Waals surface area contributed by atoms with Crippen LogP contribution in [0.25, 0.3) is 22.3 Å². The molecule has 0 amide bonds. The molecule has 4 aromatic heterocycles. The summed E-state index contributed by atoms with van der Waals surface area (Å²) in [5.41, 5.74) is 4.61. The highest BCUT2D eigenvalue weighted by molar-refractivity contribution is 5.80. The van der Waals surface area contributed by atoms with Crippen LogP contribution < -0.4 is 5.32 Å². The van der Waals surface area contributed by atoms with Crippen LogP contribution >= 0.6 is 0 Å². The molecule has 120 valence electrons. The predicted octanol–water partition coefficient (Wildman–Crippen LogP) is 3.26. The van der Waals surface area contributed by atoms with Gasteiger partial charge in [0.1, 0.15) is 5.65 Å². The van der Waals surface area contributed by atoms with Gasteiger partial charge in [0, 0.05) is 42.5 Å². The van der Waals surface area contributed by atoms with Crippen molar-refractivity contribution in [1.29, 1.82) is 0 Å². The van der Waals surface area contributed by atoms with Gasteiger partial charge in [0.25, 0.3) is 0 Å². The lowest BCUT2D eigenvalue weighted by atomic mass is 10.1. The zero-order valence-corrected chi connectivity index (χ0v) is 13.5. The number of nitrogens with one attached hydrogen (secondary N) is 1. The van der Waals surface area contributed by atoms with Crippen LogP contribution in [0.15, 0.2) is 49.2 Å². The SMILES string of the molecule is CC1(CNc2ncc3c(-c4ccc5nccn5c4)ccn3n2)CC1. The zero-order chi connectivity index (χ0) is 16.1. The number of pyridine rings is 1. The van der Waals surface area contributed by atoms with Gasteiger partial charge in [0.05, 0.1) is 11.7 Å². The molecule has 0 aliphatic heterocycles. The average Bonchev–Trinajstić information content (AvgIpc) is 3.02. The minimum absolute atomic E-state index is 0.431. The fourth-order valence-electron chi connectivity index (χ4n) is 2.99. The molecule has 0 bridgehead atoms. The summed E-state index contributed by atoms with van der Waals surface area (Å²) in [6.07, 6.45) is 12.3. The van der Waals surface area contributed by atoms with E-state index in [4.69, 9.17) is 0 Å². The molecule has 0 saturated heterocycles. The monoisotopic (exact) mass is 318 g/mol. The molecule has 1 N–H and O–H groups in total. The summed E-state index contributed by atoms with van der Waals surface area (Å²) < 4.78 is 3.91. The first kappa shape index (κ1) is 13.5. The molecule has 0 radical (unpaired) electrons. The third-order valence-electron chi connectivity index (χ3n) is 4.89. The van der Waals surface area contributed by atoms with Crippen LogP contribution in [-0.4, -0.2) is 30.5 Å². The van der Waals surface area contributed by atoms with Gasteiger partial charge in [-0.2, -0.15) is 0 Å². The molecule has 4 heterocycles. The van der Waals surface area contributed by atoms with E-state index in [0.29, 0.717) is 11.4 Å². The quantitative estimate of drug-likeness (QED) is 0.627. The van der Waals surface area contributed by atoms with Crippen molar-refractivity contribution in [3.05, 3.63) is 49.2 Å². The van der Waals surface area contributed by atoms with E-state index in [1.54, 1.807) is 6.20 Å². The summed E-state index contributed by atoms with van der Waals surface area (Å²) in [5.74, 6) is 0.683. The first-order valence-electron chi connectivity index (χ1n) is 8.22. The van der Waals surface area contributed by atoms with Crippen LogP contribution in [0.3, 0.4) is 0 Å². The molecule has 0 aromatic carbocycles. The number of anilines is 1. The molecule has 0 atom stereocenters. The molecule has 1 aliphatic carbocycles. The highest BCUT2D eigenvalue weighted by Crippen LogP contribution is 2.44. The maximum absolute atomic E-state index is 4.58. The van der Waals surface area contributed by atoms with Crippen molar-refractivity contribution in [1.82, 2.24) is 24.0 Å². The Morgan fingerprint density at radius 1 is 1.17 bits per heavy atom. The summed E-state index contributed by atoms with van der Waals surface area (Å²) in [4.78, 5) is 8.77. The fraction of sp³-hybridized carbons (Fsp3) is 0.278. The lowest BCUT2D eigenvalue weighted by Gasteiger charge is -2.10. The Kier molecular flexibility index (Phi) is 2.71. The number of hydrogen-bond acceptors (Lipinski definition) is 4. The Morgan fingerprint density at radius 2 is 2.08 bits per heavy atom. The van der Waals surface area contributed by atoms with Crippen molar-refractivity contribution in [3.8, 4) is 11.1 Å². The number of hydrogen-bond donors (Lipinski definition) is 1. The van der Waals surface area contributed by atoms with Gasteiger partial charge < -0.3 is 9.72 Å². The molecular formula is C18H18N6. The van der Waals surface area contributed by atoms with E-state index < -0.39 is 0 Å². The van der Waals surface area contributed by atoms with E-state index in [1.165, 1.54) is 12.8 Å². The van der Waals surface area contributed by atoms with Crippen LogP contribution in [0.5, 0.6) is 0 Å². The summed E-state index contributed by atoms with van der Waals surface area (Å²) in [6, 6.07) is 6.18. The second-order valence-corrected chi connectivity index (χ2v) is 6.92. The Hall–Kier alpha value is -2.89. The molecule has 4 aromatic rings. The largest absolute Gasteiger partial charge is 0.352 e. The topological polar surface area (TPSA) is 59.5 Å². The Bertz CT molecular complexity index is 1040. The number of aromatic nitrogens is 5. The highest BCUT2D eigenvalue weighted by Gasteiger charge is 2.36. The first-order valence-corrected chi connectivity index (χ1v) is 8.22. The van der Waals surface area contributed by atoms with Crippen molar-refractivity contribution < 1.29 is 0 Å². The Morgan fingerprint density at radius 3 is 2.96 bits per heavy atom. The van der Waals surface area contributed by atoms with E-state index in [9.17, 15) is 0 Å². The molecule has 0 unspecified atom stereocenters. The first-order chi connectivity index (χ1) is 11.7. The summed E-state index contributed by atoms with van der Waals surface area (Å²) >= 11 is 0. The minimum atomic E-state index is 0.431. The van der Waals surface area contributed by atoms with Crippen molar-refractivity contribution in [3.63, 3.8) is 0 Å². The van der Waals surface area contributed by atoms with Gasteiger partial charge in [-0.25, -0.2) is 14.5 Å². The van der Waals surface area contributed by atoms with E-state index in [-0.39, 0.29) is 0 Å². The predicted molar refractivity (Wildman–Crippen MR) is 93.0 cm³/mol. The molecule has 6 nitrogen and oxygen atoms in total. The smallest absolute Gasteiger partial charge is 0.241 e. The second kappa shape index (κ2) is 4.80. The second-order valence-electron chi connectivity index (χ2n) is 6.92. The minimum Gasteiger partial charge on any atom is -0.352 e. The van der Waals surface area contributed by atoms with Crippen LogP contribution in [-0.2, 0) is 0 Å². The number of rotatable bonds is 4. The van der Waals surface area contributed by atoms with Gasteiger partial charge in [0.15, 0.2) is 0 Å². The van der Waals surface area contributed by atoms with Crippen LogP contribution in [0, 0.1) is 5.41 Å². The Labute approximate surface area is 139 Å². The maximum atomic E-state index is 4.58. The summed E-state index contributed by atoms with van der Waals surface area (Å²) in [5, 5.41) is 7.93. The summed E-state index contributed by atoms with van der Waals surface area (Å²) in [7, 11) is 0. The lowest BCUT2D eigenvalue weighted by Crippen LogP contribution is -2.14. The van der Waals surface area contributed by atoms with Crippen LogP contribution in [0.1, 0.15) is 19.8 Å². The van der Waals surface area contributed by atoms with E-state index in [2.05, 4.69) is 45.6 Å². The molecule has 24 heavy (non-hydrogen) atoms. The number of nitrogens with zero attached hydrogens (tertiary/aromatic N) is 5. The van der Waals surface area contributed by atoms with Gasteiger partial charge in [-0.1, -0.05) is 6.92 Å². The Balaban J connectivity index is 1.50. The standard InChI is InChI=1S/C18H18N6/c1-18(5-6-18)12-21-17-20-10-15-14(4-8-24(15)22-17)13-2-3-16-19-7-9-23(16)11-13/h2-4,7-11H,5-6,12H2,1H3,(H,21,22). The van der Waals surface area contributed by atoms with Gasteiger partial charge in [-0.15, -0.1) is 5.10 Å². The number of fused-ring (bicyclic) bond motifs is 2. The molecule has 6 heteroatoms. The van der Waals surface area contributed by atoms with E-state index >= 15 is 0 Å². The number of imidazole rings is 1. The van der Waals surface area contributed by atoms with E-state index in [1.807, 2.05) is 33.6 Å². The lowest BCUT2D eigenvalue weighted by molar-refractivity contribution is 0.606. The molecule has 1 fully saturated rings. The van der Waals surface area contributed by atoms with Crippen molar-refractivity contribution in [2.75, 3.05) is 11.9 Å². The van der Waals surface area contributed by atoms with Gasteiger partial charge in [0.2, 0.25) is 5.95 Å². The molecular weight excluding hydrogens is 300 g/mol. The van der Waals surface area contributed by atoms with Gasteiger partial charge >= 0.3 is 0 Å². The third kappa shape index (κ3) is 2.22. The molecule has 1 aliphatic rings. The van der Waals surface area contributed by atoms with Crippen molar-refractivity contribution >= 4 is 17.1 Å². The molecule has 0 spiro atoms. The van der Waals surface area contributed by atoms with Crippen LogP contribution in [0.4, 0.5) is 5.95 Å². The van der Waals surface area contributed by atoms with Crippen LogP contribution in [0.2, 0.25) is 0 Å². The zero-order valence-electron chi connectivity index (χ0n) is 13.5. The van der Waals surface area contributed by atoms with Crippen molar-refractivity contribution in [2.45, 2.75) is 19.8 Å². The van der Waals surface area contributed by atoms with Crippen molar-refractivity contribution in [2.24, 2.45) is 5.41 Å². The molecule has 1 saturated carbocycles. The third-order valence-corrected chi connectivity index (χ3v) is 4.89. The van der Waals surface area contributed by atoms with Gasteiger partial charge in [-0.3, -0.25) is 0 Å². The normalized spacial score (nSPS) is 15.9. The average molecular weight is 318 g/mol. The fourth-order valence-corrected chi connectivity index (χ4v) is 2.99.